The van der Waals surface area contributed by atoms with E-state index < -0.39 is 23.6 Å². The lowest BCUT2D eigenvalue weighted by atomic mass is 10.0. The highest BCUT2D eigenvalue weighted by molar-refractivity contribution is 9.10. The molecular weight excluding hydrogens is 320 g/mol. The van der Waals surface area contributed by atoms with Gasteiger partial charge in [0.15, 0.2) is 0 Å². The normalized spacial score (nSPS) is 12.7. The monoisotopic (exact) mass is 335 g/mol. The van der Waals surface area contributed by atoms with Crippen molar-refractivity contribution in [1.29, 1.82) is 0 Å². The van der Waals surface area contributed by atoms with Crippen LogP contribution in [0, 0.1) is 17.6 Å². The highest BCUT2D eigenvalue weighted by Crippen LogP contribution is 2.21. The number of aliphatic carboxylic acids is 1. The number of carboxylic acid groups (broad SMARTS) is 1. The van der Waals surface area contributed by atoms with Crippen LogP contribution in [0.1, 0.15) is 25.8 Å². The minimum atomic E-state index is -1.02. The van der Waals surface area contributed by atoms with Crippen molar-refractivity contribution in [3.05, 3.63) is 33.8 Å². The lowest BCUT2D eigenvalue weighted by Gasteiger charge is -2.17. The third-order valence-electron chi connectivity index (χ3n) is 2.67. The van der Waals surface area contributed by atoms with Crippen molar-refractivity contribution in [2.75, 3.05) is 0 Å². The third-order valence-corrected chi connectivity index (χ3v) is 3.28. The van der Waals surface area contributed by atoms with Crippen molar-refractivity contribution < 1.29 is 18.7 Å². The molecule has 0 saturated heterocycles. The van der Waals surface area contributed by atoms with Gasteiger partial charge in [-0.25, -0.2) is 8.78 Å². The molecule has 0 heterocycles. The van der Waals surface area contributed by atoms with Crippen LogP contribution in [-0.4, -0.2) is 17.1 Å². The van der Waals surface area contributed by atoms with E-state index in [1.165, 1.54) is 6.07 Å². The molecule has 0 fully saturated rings. The van der Waals surface area contributed by atoms with Gasteiger partial charge in [0, 0.05) is 12.1 Å². The molecule has 0 aliphatic carbocycles. The Morgan fingerprint density at radius 2 is 2.05 bits per heavy atom. The zero-order valence-electron chi connectivity index (χ0n) is 10.7. The quantitative estimate of drug-likeness (QED) is 0.784. The van der Waals surface area contributed by atoms with E-state index in [2.05, 4.69) is 21.2 Å². The number of benzene rings is 1. The van der Waals surface area contributed by atoms with Gasteiger partial charge in [-0.2, -0.15) is 0 Å². The van der Waals surface area contributed by atoms with Gasteiger partial charge < -0.3 is 10.4 Å². The summed E-state index contributed by atoms with van der Waals surface area (Å²) in [6.45, 7) is 3.61. The van der Waals surface area contributed by atoms with E-state index in [1.54, 1.807) is 0 Å². The summed E-state index contributed by atoms with van der Waals surface area (Å²) in [6.07, 6.45) is 0.395. The van der Waals surface area contributed by atoms with Crippen LogP contribution >= 0.6 is 15.9 Å². The first-order chi connectivity index (χ1) is 8.82. The molecule has 3 nitrogen and oxygen atoms in total. The van der Waals surface area contributed by atoms with Crippen molar-refractivity contribution in [3.63, 3.8) is 0 Å². The SMILES string of the molecule is CC(C)CC(NCc1c(F)ccc(Br)c1F)C(=O)O. The van der Waals surface area contributed by atoms with Gasteiger partial charge >= 0.3 is 5.97 Å². The first-order valence-electron chi connectivity index (χ1n) is 5.91. The third kappa shape index (κ3) is 4.54. The van der Waals surface area contributed by atoms with E-state index in [0.717, 1.165) is 6.07 Å². The average molecular weight is 336 g/mol. The summed E-state index contributed by atoms with van der Waals surface area (Å²) in [5.41, 5.74) is -0.163. The average Bonchev–Trinajstić information content (AvgIpc) is 2.32. The van der Waals surface area contributed by atoms with E-state index in [4.69, 9.17) is 5.11 Å². The Morgan fingerprint density at radius 3 is 2.58 bits per heavy atom. The second kappa shape index (κ2) is 6.96. The Labute approximate surface area is 119 Å². The molecule has 0 bridgehead atoms. The molecule has 1 rings (SSSR count). The van der Waals surface area contributed by atoms with Crippen molar-refractivity contribution >= 4 is 21.9 Å². The van der Waals surface area contributed by atoms with Gasteiger partial charge in [0.25, 0.3) is 0 Å². The highest BCUT2D eigenvalue weighted by atomic mass is 79.9. The lowest BCUT2D eigenvalue weighted by Crippen LogP contribution is -2.37. The first kappa shape index (κ1) is 16.0. The molecule has 0 radical (unpaired) electrons. The standard InChI is InChI=1S/C13H16BrF2NO2/c1-7(2)5-11(13(18)19)17-6-8-10(15)4-3-9(14)12(8)16/h3-4,7,11,17H,5-6H2,1-2H3,(H,18,19). The predicted octanol–water partition coefficient (Wildman–Crippen LogP) is 3.32. The topological polar surface area (TPSA) is 49.3 Å². The lowest BCUT2D eigenvalue weighted by molar-refractivity contribution is -0.140. The van der Waals surface area contributed by atoms with Gasteiger partial charge in [0.1, 0.15) is 17.7 Å². The molecule has 0 aliphatic heterocycles. The molecule has 1 aromatic carbocycles. The smallest absolute Gasteiger partial charge is 0.320 e. The number of carboxylic acids is 1. The summed E-state index contributed by atoms with van der Waals surface area (Å²) in [4.78, 5) is 11.0. The predicted molar refractivity (Wildman–Crippen MR) is 71.8 cm³/mol. The minimum Gasteiger partial charge on any atom is -0.480 e. The Morgan fingerprint density at radius 1 is 1.42 bits per heavy atom. The molecule has 0 aliphatic rings. The van der Waals surface area contributed by atoms with Crippen molar-refractivity contribution in [1.82, 2.24) is 5.32 Å². The van der Waals surface area contributed by atoms with Crippen LogP contribution in [0.3, 0.4) is 0 Å². The zero-order valence-corrected chi connectivity index (χ0v) is 12.3. The number of hydrogen-bond donors (Lipinski definition) is 2. The molecule has 1 unspecified atom stereocenters. The van der Waals surface area contributed by atoms with Gasteiger partial charge in [-0.15, -0.1) is 0 Å². The fourth-order valence-corrected chi connectivity index (χ4v) is 2.07. The van der Waals surface area contributed by atoms with Gasteiger partial charge in [0.2, 0.25) is 0 Å². The Bertz CT molecular complexity index is 466. The maximum absolute atomic E-state index is 13.7. The van der Waals surface area contributed by atoms with E-state index in [-0.39, 0.29) is 22.5 Å². The second-order valence-electron chi connectivity index (χ2n) is 4.72. The van der Waals surface area contributed by atoms with Gasteiger partial charge in [0.05, 0.1) is 4.47 Å². The molecule has 106 valence electrons. The maximum Gasteiger partial charge on any atom is 0.320 e. The van der Waals surface area contributed by atoms with Crippen LogP contribution in [0.2, 0.25) is 0 Å². The maximum atomic E-state index is 13.7. The second-order valence-corrected chi connectivity index (χ2v) is 5.58. The molecule has 0 spiro atoms. The van der Waals surface area contributed by atoms with Crippen LogP contribution in [0.15, 0.2) is 16.6 Å². The van der Waals surface area contributed by atoms with Crippen LogP contribution < -0.4 is 5.32 Å². The Hall–Kier alpha value is -1.01. The summed E-state index contributed by atoms with van der Waals surface area (Å²) in [6, 6.07) is 1.59. The van der Waals surface area contributed by atoms with Crippen molar-refractivity contribution in [2.24, 2.45) is 5.92 Å². The molecule has 19 heavy (non-hydrogen) atoms. The van der Waals surface area contributed by atoms with E-state index in [1.807, 2.05) is 13.8 Å². The molecule has 0 amide bonds. The van der Waals surface area contributed by atoms with Crippen molar-refractivity contribution in [2.45, 2.75) is 32.9 Å². The van der Waals surface area contributed by atoms with Crippen molar-refractivity contribution in [3.8, 4) is 0 Å². The van der Waals surface area contributed by atoms with Crippen LogP contribution in [-0.2, 0) is 11.3 Å². The molecule has 1 aromatic rings. The Balaban J connectivity index is 2.80. The van der Waals surface area contributed by atoms with Crippen LogP contribution in [0.5, 0.6) is 0 Å². The first-order valence-corrected chi connectivity index (χ1v) is 6.70. The van der Waals surface area contributed by atoms with Gasteiger partial charge in [-0.1, -0.05) is 13.8 Å². The molecule has 2 N–H and O–H groups in total. The van der Waals surface area contributed by atoms with Crippen LogP contribution in [0.4, 0.5) is 8.78 Å². The molecular formula is C13H16BrF2NO2. The molecule has 0 saturated carbocycles. The number of halogens is 3. The molecule has 1 atom stereocenters. The summed E-state index contributed by atoms with van der Waals surface area (Å²) in [5.74, 6) is -2.25. The van der Waals surface area contributed by atoms with Gasteiger partial charge in [-0.3, -0.25) is 4.79 Å². The fraction of sp³-hybridized carbons (Fsp3) is 0.462. The summed E-state index contributed by atoms with van der Waals surface area (Å²) >= 11 is 2.97. The van der Waals surface area contributed by atoms with E-state index >= 15 is 0 Å². The summed E-state index contributed by atoms with van der Waals surface area (Å²) in [7, 11) is 0. The van der Waals surface area contributed by atoms with E-state index in [0.29, 0.717) is 6.42 Å². The summed E-state index contributed by atoms with van der Waals surface area (Å²) < 4.78 is 27.4. The summed E-state index contributed by atoms with van der Waals surface area (Å²) in [5, 5.41) is 11.7. The number of nitrogens with one attached hydrogen (secondary N) is 1. The van der Waals surface area contributed by atoms with Crippen LogP contribution in [0.25, 0.3) is 0 Å². The number of hydrogen-bond acceptors (Lipinski definition) is 2. The molecule has 0 aromatic heterocycles. The minimum absolute atomic E-state index is 0.154. The van der Waals surface area contributed by atoms with Gasteiger partial charge in [-0.05, 0) is 40.4 Å². The molecule has 6 heteroatoms. The Kier molecular flexibility index (Phi) is 5.87. The fourth-order valence-electron chi connectivity index (χ4n) is 1.70. The largest absolute Gasteiger partial charge is 0.480 e. The number of carbonyl (C=O) groups is 1. The number of rotatable bonds is 6. The van der Waals surface area contributed by atoms with E-state index in [9.17, 15) is 13.6 Å². The highest BCUT2D eigenvalue weighted by Gasteiger charge is 2.20. The zero-order chi connectivity index (χ0) is 14.6.